The van der Waals surface area contributed by atoms with Crippen LogP contribution in [0, 0.1) is 74.2 Å². The molecular formula is C38H42BF8N. The first-order chi connectivity index (χ1) is 22.7. The number of hydrogen-bond donors (Lipinski definition) is 1. The van der Waals surface area contributed by atoms with Gasteiger partial charge in [-0.1, -0.05) is 30.7 Å². The largest absolute Gasteiger partial charge is 0.333 e. The number of rotatable bonds is 7. The third kappa shape index (κ3) is 6.65. The van der Waals surface area contributed by atoms with Crippen molar-refractivity contribution in [2.45, 2.75) is 79.7 Å². The highest BCUT2D eigenvalue weighted by molar-refractivity contribution is 7.20. The molecule has 48 heavy (non-hydrogen) atoms. The summed E-state index contributed by atoms with van der Waals surface area (Å²) in [4.78, 5) is 1.82. The molecule has 0 bridgehead atoms. The van der Waals surface area contributed by atoms with Crippen molar-refractivity contribution in [3.05, 3.63) is 117 Å². The summed E-state index contributed by atoms with van der Waals surface area (Å²) in [6.45, 7) is 12.0. The minimum Gasteiger partial charge on any atom is -0.333 e. The lowest BCUT2D eigenvalue weighted by Gasteiger charge is -2.45. The molecule has 0 spiro atoms. The summed E-state index contributed by atoms with van der Waals surface area (Å²) in [6, 6.07) is 7.82. The Labute approximate surface area is 277 Å². The predicted molar refractivity (Wildman–Crippen MR) is 178 cm³/mol. The average molecular weight is 676 g/mol. The van der Waals surface area contributed by atoms with Crippen molar-refractivity contribution in [2.24, 2.45) is 0 Å². The monoisotopic (exact) mass is 675 g/mol. The number of benzene rings is 4. The van der Waals surface area contributed by atoms with E-state index in [-0.39, 0.29) is 22.3 Å². The van der Waals surface area contributed by atoms with Crippen LogP contribution in [0.15, 0.2) is 48.5 Å². The van der Waals surface area contributed by atoms with Crippen molar-refractivity contribution >= 4 is 28.0 Å². The Morgan fingerprint density at radius 2 is 0.750 bits per heavy atom. The van der Waals surface area contributed by atoms with Gasteiger partial charge >= 0.3 is 0 Å². The first-order valence-electron chi connectivity index (χ1n) is 16.5. The van der Waals surface area contributed by atoms with E-state index in [4.69, 9.17) is 0 Å². The fraction of sp³-hybridized carbons (Fsp3) is 0.368. The van der Waals surface area contributed by atoms with Gasteiger partial charge in [-0.05, 0) is 114 Å². The van der Waals surface area contributed by atoms with Crippen LogP contribution in [0.4, 0.5) is 35.1 Å². The Morgan fingerprint density at radius 1 is 0.479 bits per heavy atom. The van der Waals surface area contributed by atoms with Gasteiger partial charge in [0.05, 0.1) is 65.7 Å². The average Bonchev–Trinajstić information content (AvgIpc) is 3.06. The zero-order valence-corrected chi connectivity index (χ0v) is 28.2. The summed E-state index contributed by atoms with van der Waals surface area (Å²) >= 11 is 0. The summed E-state index contributed by atoms with van der Waals surface area (Å²) in [7, 11) is 0. The van der Waals surface area contributed by atoms with Crippen LogP contribution in [-0.2, 0) is 0 Å². The molecule has 0 radical (unpaired) electrons. The standard InChI is InChI=1S/C28H20BF8.C10H21N/c1-13-5-9-17(30)21(25(13)34)29(22-18(31)10-6-14(2)26(22)35,23-19(32)11-7-15(3)27(23)36)24-20(33)12-8-16(4)28(24)37;1-3-11(4-2)10-8-6-5-7-9-10/h5-12H,1-4H3;10H,3-9H2,1-2H3/q-1;/p+1. The fourth-order valence-corrected chi connectivity index (χ4v) is 7.51. The minimum atomic E-state index is -4.50. The van der Waals surface area contributed by atoms with E-state index in [1.807, 2.05) is 4.90 Å². The summed E-state index contributed by atoms with van der Waals surface area (Å²) in [5.41, 5.74) is -6.19. The zero-order valence-electron chi connectivity index (χ0n) is 28.2. The highest BCUT2D eigenvalue weighted by Crippen LogP contribution is 2.25. The van der Waals surface area contributed by atoms with Crippen LogP contribution in [0.3, 0.4) is 0 Å². The van der Waals surface area contributed by atoms with Crippen LogP contribution in [0.25, 0.3) is 0 Å². The molecule has 1 aliphatic carbocycles. The normalized spacial score (nSPS) is 13.9. The summed E-state index contributed by atoms with van der Waals surface area (Å²) < 4.78 is 127. The van der Waals surface area contributed by atoms with Gasteiger partial charge < -0.3 is 4.90 Å². The lowest BCUT2D eigenvalue weighted by Crippen LogP contribution is -3.15. The topological polar surface area (TPSA) is 4.44 Å². The Bertz CT molecular complexity index is 1540. The first kappa shape index (κ1) is 37.2. The maximum atomic E-state index is 15.9. The van der Waals surface area contributed by atoms with Crippen LogP contribution in [0.2, 0.25) is 0 Å². The molecule has 1 nitrogen and oxygen atoms in total. The number of halogens is 8. The van der Waals surface area contributed by atoms with Crippen molar-refractivity contribution < 1.29 is 40.0 Å². The lowest BCUT2D eigenvalue weighted by molar-refractivity contribution is -0.923. The van der Waals surface area contributed by atoms with E-state index in [0.29, 0.717) is 24.3 Å². The van der Waals surface area contributed by atoms with Crippen LogP contribution in [-0.4, -0.2) is 25.3 Å². The summed E-state index contributed by atoms with van der Waals surface area (Å²) in [6.07, 6.45) is 2.91. The van der Waals surface area contributed by atoms with Crippen LogP contribution in [0.5, 0.6) is 0 Å². The maximum Gasteiger partial charge on any atom is 0.136 e. The molecule has 0 aromatic heterocycles. The minimum absolute atomic E-state index is 0.280. The quantitative estimate of drug-likeness (QED) is 0.165. The van der Waals surface area contributed by atoms with Crippen LogP contribution < -0.4 is 26.8 Å². The van der Waals surface area contributed by atoms with Gasteiger partial charge in [-0.2, -0.15) is 0 Å². The number of quaternary nitrogens is 1. The SMILES string of the molecule is CC[NH+](CC)C1CCCCC1.Cc1ccc(F)c([B-](c2c(F)ccc(C)c2F)(c2c(F)ccc(C)c2F)c2c(F)ccc(C)c2F)c1F. The second-order valence-electron chi connectivity index (χ2n) is 12.9. The lowest BCUT2D eigenvalue weighted by atomic mass is 9.12. The van der Waals surface area contributed by atoms with Gasteiger partial charge in [-0.25, -0.2) is 35.1 Å². The molecule has 1 fully saturated rings. The molecule has 0 heterocycles. The first-order valence-corrected chi connectivity index (χ1v) is 16.5. The molecule has 0 amide bonds. The third-order valence-corrected chi connectivity index (χ3v) is 10.1. The van der Waals surface area contributed by atoms with Crippen molar-refractivity contribution in [1.29, 1.82) is 0 Å². The molecule has 10 heteroatoms. The molecule has 1 aliphatic rings. The van der Waals surface area contributed by atoms with Crippen molar-refractivity contribution in [1.82, 2.24) is 0 Å². The Hall–Kier alpha value is -3.66. The fourth-order valence-electron chi connectivity index (χ4n) is 7.51. The molecule has 258 valence electrons. The van der Waals surface area contributed by atoms with Gasteiger partial charge in [0.1, 0.15) is 6.15 Å². The molecule has 0 unspecified atom stereocenters. The van der Waals surface area contributed by atoms with E-state index in [1.54, 1.807) is 0 Å². The summed E-state index contributed by atoms with van der Waals surface area (Å²) in [5.74, 6) is -11.8. The smallest absolute Gasteiger partial charge is 0.136 e. The molecule has 0 aliphatic heterocycles. The molecule has 0 saturated heterocycles. The third-order valence-electron chi connectivity index (χ3n) is 10.1. The van der Waals surface area contributed by atoms with Gasteiger partial charge in [0.2, 0.25) is 0 Å². The molecule has 1 saturated carbocycles. The second kappa shape index (κ2) is 15.3. The highest BCUT2D eigenvalue weighted by atomic mass is 19.2. The Morgan fingerprint density at radius 3 is 1.00 bits per heavy atom. The molecule has 0 atom stereocenters. The molecule has 4 aromatic rings. The second-order valence-corrected chi connectivity index (χ2v) is 12.9. The number of nitrogens with one attached hydrogen (secondary N) is 1. The van der Waals surface area contributed by atoms with Crippen molar-refractivity contribution in [2.75, 3.05) is 13.1 Å². The van der Waals surface area contributed by atoms with E-state index in [1.165, 1.54) is 72.9 Å². The maximum absolute atomic E-state index is 15.9. The van der Waals surface area contributed by atoms with Crippen LogP contribution >= 0.6 is 0 Å². The molecule has 4 aromatic carbocycles. The number of hydrogen-bond acceptors (Lipinski definition) is 0. The van der Waals surface area contributed by atoms with E-state index >= 15 is 35.1 Å². The van der Waals surface area contributed by atoms with Crippen molar-refractivity contribution in [3.63, 3.8) is 0 Å². The summed E-state index contributed by atoms with van der Waals surface area (Å²) in [5, 5.41) is 0. The number of aryl methyl sites for hydroxylation is 4. The van der Waals surface area contributed by atoms with Gasteiger partial charge in [0, 0.05) is 0 Å². The van der Waals surface area contributed by atoms with E-state index < -0.39 is 74.5 Å². The van der Waals surface area contributed by atoms with E-state index in [2.05, 4.69) is 13.8 Å². The van der Waals surface area contributed by atoms with Gasteiger partial charge in [0.25, 0.3) is 0 Å². The molecule has 1 N–H and O–H groups in total. The Balaban J connectivity index is 0.000000401. The van der Waals surface area contributed by atoms with Crippen molar-refractivity contribution in [3.8, 4) is 0 Å². The Kier molecular flexibility index (Phi) is 11.8. The van der Waals surface area contributed by atoms with Crippen LogP contribution in [0.1, 0.15) is 68.2 Å². The van der Waals surface area contributed by atoms with Gasteiger partial charge in [-0.3, -0.25) is 0 Å². The predicted octanol–water partition coefficient (Wildman–Crippen LogP) is 6.65. The zero-order chi connectivity index (χ0) is 35.5. The van der Waals surface area contributed by atoms with E-state index in [9.17, 15) is 0 Å². The van der Waals surface area contributed by atoms with Gasteiger partial charge in [0.15, 0.2) is 0 Å². The van der Waals surface area contributed by atoms with Gasteiger partial charge in [-0.15, -0.1) is 21.9 Å². The highest BCUT2D eigenvalue weighted by Gasteiger charge is 2.47. The van der Waals surface area contributed by atoms with E-state index in [0.717, 1.165) is 30.3 Å². The molecule has 5 rings (SSSR count). The molecular weight excluding hydrogens is 633 g/mol.